The van der Waals surface area contributed by atoms with E-state index < -0.39 is 10.0 Å². The van der Waals surface area contributed by atoms with Gasteiger partial charge in [-0.1, -0.05) is 24.1 Å². The molecule has 3 N–H and O–H groups in total. The first kappa shape index (κ1) is 16.1. The highest BCUT2D eigenvalue weighted by Gasteiger charge is 2.30. The molecule has 1 saturated carbocycles. The molecule has 2 unspecified atom stereocenters. The van der Waals surface area contributed by atoms with E-state index in [1.165, 1.54) is 6.07 Å². The highest BCUT2D eigenvalue weighted by molar-refractivity contribution is 7.99. The molecule has 2 atom stereocenters. The van der Waals surface area contributed by atoms with E-state index in [0.29, 0.717) is 16.8 Å². The van der Waals surface area contributed by atoms with Crippen molar-refractivity contribution in [3.05, 3.63) is 28.8 Å². The van der Waals surface area contributed by atoms with Crippen LogP contribution in [0, 0.1) is 0 Å². The van der Waals surface area contributed by atoms with Gasteiger partial charge in [-0.3, -0.25) is 0 Å². The topological polar surface area (TPSA) is 72.2 Å². The fourth-order valence-corrected chi connectivity index (χ4v) is 5.15. The second-order valence-electron chi connectivity index (χ2n) is 4.89. The summed E-state index contributed by atoms with van der Waals surface area (Å²) in [4.78, 5) is 0.200. The molecule has 0 bridgehead atoms. The zero-order valence-corrected chi connectivity index (χ0v) is 13.7. The molecule has 1 aliphatic carbocycles. The number of benzene rings is 1. The molecule has 0 amide bonds. The van der Waals surface area contributed by atoms with Gasteiger partial charge >= 0.3 is 0 Å². The summed E-state index contributed by atoms with van der Waals surface area (Å²) in [7, 11) is -3.52. The molecular formula is C13H19ClN2O2S2. The van der Waals surface area contributed by atoms with Crippen LogP contribution in [-0.2, 0) is 16.6 Å². The quantitative estimate of drug-likeness (QED) is 0.867. The summed E-state index contributed by atoms with van der Waals surface area (Å²) >= 11 is 7.75. The number of halogens is 1. The molecule has 0 spiro atoms. The Kier molecular flexibility index (Phi) is 5.36. The van der Waals surface area contributed by atoms with Gasteiger partial charge in [-0.25, -0.2) is 13.1 Å². The maximum atomic E-state index is 12.4. The van der Waals surface area contributed by atoms with Crippen molar-refractivity contribution in [2.75, 3.05) is 6.26 Å². The van der Waals surface area contributed by atoms with Gasteiger partial charge in [0.05, 0.1) is 4.90 Å². The van der Waals surface area contributed by atoms with Gasteiger partial charge in [0.25, 0.3) is 0 Å². The number of rotatable bonds is 5. The summed E-state index contributed by atoms with van der Waals surface area (Å²) in [5.74, 6) is 0. The first-order valence-corrected chi connectivity index (χ1v) is 9.66. The standard InChI is InChI=1S/C13H19ClN2O2S2/c1-19-13-4-2-3-12(13)16-20(17,18)10-6-5-9(8-15)11(14)7-10/h5-7,12-13,16H,2-4,8,15H2,1H3. The van der Waals surface area contributed by atoms with Crippen molar-refractivity contribution in [3.8, 4) is 0 Å². The molecular weight excluding hydrogens is 316 g/mol. The van der Waals surface area contributed by atoms with Crippen molar-refractivity contribution in [2.45, 2.75) is 42.0 Å². The van der Waals surface area contributed by atoms with Gasteiger partial charge in [-0.2, -0.15) is 11.8 Å². The van der Waals surface area contributed by atoms with Crippen LogP contribution in [0.25, 0.3) is 0 Å². The minimum absolute atomic E-state index is 0.00274. The lowest BCUT2D eigenvalue weighted by Crippen LogP contribution is -2.38. The molecule has 1 aromatic rings. The lowest BCUT2D eigenvalue weighted by molar-refractivity contribution is 0.555. The van der Waals surface area contributed by atoms with Gasteiger partial charge in [0, 0.05) is 22.9 Å². The number of hydrogen-bond acceptors (Lipinski definition) is 4. The third-order valence-corrected chi connectivity index (χ3v) is 6.63. The fourth-order valence-electron chi connectivity index (χ4n) is 2.47. The number of nitrogens with one attached hydrogen (secondary N) is 1. The van der Waals surface area contributed by atoms with Gasteiger partial charge in [-0.05, 0) is 36.8 Å². The predicted molar refractivity (Wildman–Crippen MR) is 84.6 cm³/mol. The number of thioether (sulfide) groups is 1. The summed E-state index contributed by atoms with van der Waals surface area (Å²) in [5.41, 5.74) is 6.27. The van der Waals surface area contributed by atoms with Gasteiger partial charge in [0.1, 0.15) is 0 Å². The fraction of sp³-hybridized carbons (Fsp3) is 0.538. The first-order valence-electron chi connectivity index (χ1n) is 6.51. The third-order valence-electron chi connectivity index (χ3n) is 3.62. The lowest BCUT2D eigenvalue weighted by Gasteiger charge is -2.19. The van der Waals surface area contributed by atoms with Crippen LogP contribution in [-0.4, -0.2) is 26.0 Å². The molecule has 4 nitrogen and oxygen atoms in total. The molecule has 1 aliphatic rings. The van der Waals surface area contributed by atoms with E-state index in [-0.39, 0.29) is 10.9 Å². The van der Waals surface area contributed by atoms with Crippen molar-refractivity contribution in [2.24, 2.45) is 5.73 Å². The van der Waals surface area contributed by atoms with E-state index in [4.69, 9.17) is 17.3 Å². The first-order chi connectivity index (χ1) is 9.47. The Labute approximate surface area is 129 Å². The van der Waals surface area contributed by atoms with Gasteiger partial charge in [-0.15, -0.1) is 0 Å². The second kappa shape index (κ2) is 6.66. The maximum absolute atomic E-state index is 12.4. The maximum Gasteiger partial charge on any atom is 0.240 e. The van der Waals surface area contributed by atoms with Crippen LogP contribution in [0.4, 0.5) is 0 Å². The van der Waals surface area contributed by atoms with Crippen LogP contribution in [0.15, 0.2) is 23.1 Å². The SMILES string of the molecule is CSC1CCCC1NS(=O)(=O)c1ccc(CN)c(Cl)c1. The van der Waals surface area contributed by atoms with Crippen LogP contribution >= 0.6 is 23.4 Å². The van der Waals surface area contributed by atoms with Crippen molar-refractivity contribution < 1.29 is 8.42 Å². The minimum Gasteiger partial charge on any atom is -0.326 e. The second-order valence-corrected chi connectivity index (χ2v) is 8.09. The Morgan fingerprint density at radius 1 is 1.45 bits per heavy atom. The Morgan fingerprint density at radius 2 is 2.20 bits per heavy atom. The molecule has 0 saturated heterocycles. The Bertz CT molecular complexity index is 578. The lowest BCUT2D eigenvalue weighted by atomic mass is 10.2. The van der Waals surface area contributed by atoms with Crippen LogP contribution in [0.3, 0.4) is 0 Å². The van der Waals surface area contributed by atoms with E-state index in [9.17, 15) is 8.42 Å². The molecule has 1 aromatic carbocycles. The normalized spacial score (nSPS) is 23.1. The van der Waals surface area contributed by atoms with Gasteiger partial charge in [0.15, 0.2) is 0 Å². The van der Waals surface area contributed by atoms with Crippen LogP contribution in [0.5, 0.6) is 0 Å². The van der Waals surface area contributed by atoms with Crippen LogP contribution in [0.2, 0.25) is 5.02 Å². The van der Waals surface area contributed by atoms with Crippen LogP contribution in [0.1, 0.15) is 24.8 Å². The minimum atomic E-state index is -3.52. The molecule has 0 radical (unpaired) electrons. The van der Waals surface area contributed by atoms with Crippen molar-refractivity contribution in [1.29, 1.82) is 0 Å². The van der Waals surface area contributed by atoms with Gasteiger partial charge in [0.2, 0.25) is 10.0 Å². The Morgan fingerprint density at radius 3 is 2.80 bits per heavy atom. The van der Waals surface area contributed by atoms with Crippen molar-refractivity contribution >= 4 is 33.4 Å². The monoisotopic (exact) mass is 334 g/mol. The van der Waals surface area contributed by atoms with E-state index in [1.807, 2.05) is 6.26 Å². The zero-order valence-electron chi connectivity index (χ0n) is 11.3. The van der Waals surface area contributed by atoms with E-state index >= 15 is 0 Å². The van der Waals surface area contributed by atoms with Crippen LogP contribution < -0.4 is 10.5 Å². The molecule has 20 heavy (non-hydrogen) atoms. The third kappa shape index (κ3) is 3.49. The molecule has 112 valence electrons. The summed E-state index contributed by atoms with van der Waals surface area (Å²) < 4.78 is 27.6. The van der Waals surface area contributed by atoms with Crippen molar-refractivity contribution in [1.82, 2.24) is 4.72 Å². The summed E-state index contributed by atoms with van der Waals surface area (Å²) in [5, 5.41) is 0.742. The molecule has 0 heterocycles. The molecule has 0 aromatic heterocycles. The molecule has 7 heteroatoms. The Hall–Kier alpha value is -0.270. The average molecular weight is 335 g/mol. The predicted octanol–water partition coefficient (Wildman–Crippen LogP) is 2.36. The van der Waals surface area contributed by atoms with Crippen molar-refractivity contribution in [3.63, 3.8) is 0 Å². The smallest absolute Gasteiger partial charge is 0.240 e. The number of sulfonamides is 1. The molecule has 2 rings (SSSR count). The zero-order chi connectivity index (χ0) is 14.8. The summed E-state index contributed by atoms with van der Waals surface area (Å²) in [6.07, 6.45) is 5.02. The molecule has 0 aliphatic heterocycles. The van der Waals surface area contributed by atoms with E-state index in [1.54, 1.807) is 23.9 Å². The number of hydrogen-bond donors (Lipinski definition) is 2. The number of nitrogens with two attached hydrogens (primary N) is 1. The highest BCUT2D eigenvalue weighted by atomic mass is 35.5. The summed E-state index contributed by atoms with van der Waals surface area (Å²) in [6.45, 7) is 0.295. The average Bonchev–Trinajstić information content (AvgIpc) is 2.85. The van der Waals surface area contributed by atoms with Gasteiger partial charge < -0.3 is 5.73 Å². The largest absolute Gasteiger partial charge is 0.326 e. The molecule has 1 fully saturated rings. The van der Waals surface area contributed by atoms with E-state index in [2.05, 4.69) is 4.72 Å². The summed E-state index contributed by atoms with van der Waals surface area (Å²) in [6, 6.07) is 4.69. The van der Waals surface area contributed by atoms with E-state index in [0.717, 1.165) is 24.8 Å². The Balaban J connectivity index is 2.20. The highest BCUT2D eigenvalue weighted by Crippen LogP contribution is 2.30.